The Morgan fingerprint density at radius 1 is 1.38 bits per heavy atom. The highest BCUT2D eigenvalue weighted by Gasteiger charge is 2.26. The topological polar surface area (TPSA) is 107 Å². The molecule has 116 valence electrons. The zero-order chi connectivity index (χ0) is 16.2. The number of carbonyl (C=O) groups excluding carboxylic acids is 2. The Morgan fingerprint density at radius 3 is 2.52 bits per heavy atom. The Labute approximate surface area is 128 Å². The fraction of sp³-hybridized carbons (Fsp3) is 0.429. The molecule has 0 atom stereocenters. The molecule has 1 amide bonds. The van der Waals surface area contributed by atoms with Gasteiger partial charge in [0, 0.05) is 12.2 Å². The second kappa shape index (κ2) is 6.67. The van der Waals surface area contributed by atoms with E-state index >= 15 is 0 Å². The van der Waals surface area contributed by atoms with Crippen LogP contribution in [0.2, 0.25) is 5.02 Å². The normalized spacial score (nSPS) is 11.0. The minimum absolute atomic E-state index is 0.221. The number of nitrogen functional groups attached to an aromatic ring is 1. The van der Waals surface area contributed by atoms with Crippen LogP contribution in [0, 0.1) is 5.41 Å². The number of nitrogens with two attached hydrogens (primary N) is 2. The number of esters is 1. The van der Waals surface area contributed by atoms with Gasteiger partial charge >= 0.3 is 5.97 Å². The van der Waals surface area contributed by atoms with Gasteiger partial charge in [0.1, 0.15) is 0 Å². The molecule has 0 saturated heterocycles. The van der Waals surface area contributed by atoms with Crippen molar-refractivity contribution in [3.63, 3.8) is 0 Å². The Kier molecular flexibility index (Phi) is 5.43. The van der Waals surface area contributed by atoms with Crippen LogP contribution in [0.5, 0.6) is 0 Å². The number of carbonyl (C=O) groups is 2. The number of amides is 1. The lowest BCUT2D eigenvalue weighted by molar-refractivity contribution is -0.125. The van der Waals surface area contributed by atoms with Crippen molar-refractivity contribution in [2.24, 2.45) is 11.1 Å². The molecule has 0 spiro atoms. The van der Waals surface area contributed by atoms with Crippen LogP contribution in [0.4, 0.5) is 11.4 Å². The van der Waals surface area contributed by atoms with Crippen LogP contribution < -0.4 is 16.8 Å². The molecule has 0 heterocycles. The molecule has 0 radical (unpaired) electrons. The molecular formula is C14H20ClN3O3. The van der Waals surface area contributed by atoms with Crippen molar-refractivity contribution in [2.45, 2.75) is 20.8 Å². The highest BCUT2D eigenvalue weighted by molar-refractivity contribution is 6.34. The van der Waals surface area contributed by atoms with Crippen molar-refractivity contribution in [2.75, 3.05) is 24.2 Å². The van der Waals surface area contributed by atoms with E-state index in [2.05, 4.69) is 5.32 Å². The molecule has 0 aromatic heterocycles. The number of rotatable bonds is 6. The lowest BCUT2D eigenvalue weighted by Gasteiger charge is -2.23. The molecule has 0 bridgehead atoms. The van der Waals surface area contributed by atoms with Gasteiger partial charge in [0.2, 0.25) is 5.91 Å². The number of anilines is 2. The third-order valence-electron chi connectivity index (χ3n) is 2.98. The Bertz CT molecular complexity index is 559. The molecule has 1 aromatic rings. The molecule has 5 N–H and O–H groups in total. The molecule has 0 fully saturated rings. The summed E-state index contributed by atoms with van der Waals surface area (Å²) in [6, 6.07) is 2.99. The first-order valence-electron chi connectivity index (χ1n) is 6.49. The second-order valence-corrected chi connectivity index (χ2v) is 5.65. The SMILES string of the molecule is CCOC(=O)c1cc(N)cc(Cl)c1NCC(C)(C)C(N)=O. The van der Waals surface area contributed by atoms with E-state index < -0.39 is 17.3 Å². The van der Waals surface area contributed by atoms with E-state index in [4.69, 9.17) is 27.8 Å². The molecule has 21 heavy (non-hydrogen) atoms. The van der Waals surface area contributed by atoms with Gasteiger partial charge in [-0.05, 0) is 32.9 Å². The summed E-state index contributed by atoms with van der Waals surface area (Å²) in [6.45, 7) is 5.54. The molecule has 0 aliphatic heterocycles. The summed E-state index contributed by atoms with van der Waals surface area (Å²) >= 11 is 6.12. The molecule has 0 saturated carbocycles. The van der Waals surface area contributed by atoms with E-state index in [0.29, 0.717) is 11.4 Å². The first-order valence-corrected chi connectivity index (χ1v) is 6.86. The van der Waals surface area contributed by atoms with Gasteiger partial charge in [-0.3, -0.25) is 4.79 Å². The predicted molar refractivity (Wildman–Crippen MR) is 83.3 cm³/mol. The number of nitrogens with one attached hydrogen (secondary N) is 1. The minimum atomic E-state index is -0.795. The van der Waals surface area contributed by atoms with E-state index in [-0.39, 0.29) is 23.7 Å². The average Bonchev–Trinajstić information content (AvgIpc) is 2.36. The van der Waals surface area contributed by atoms with Crippen molar-refractivity contribution in [3.05, 3.63) is 22.7 Å². The zero-order valence-electron chi connectivity index (χ0n) is 12.3. The number of halogens is 1. The lowest BCUT2D eigenvalue weighted by Crippen LogP contribution is -2.37. The van der Waals surface area contributed by atoms with E-state index in [1.54, 1.807) is 20.8 Å². The summed E-state index contributed by atoms with van der Waals surface area (Å²) in [4.78, 5) is 23.3. The summed E-state index contributed by atoms with van der Waals surface area (Å²) in [7, 11) is 0. The Hall–Kier alpha value is -1.95. The monoisotopic (exact) mass is 313 g/mol. The first-order chi connectivity index (χ1) is 9.69. The van der Waals surface area contributed by atoms with Gasteiger partial charge in [0.25, 0.3) is 0 Å². The smallest absolute Gasteiger partial charge is 0.340 e. The fourth-order valence-electron chi connectivity index (χ4n) is 1.57. The van der Waals surface area contributed by atoms with Gasteiger partial charge in [-0.15, -0.1) is 0 Å². The quantitative estimate of drug-likeness (QED) is 0.550. The van der Waals surface area contributed by atoms with E-state index in [1.165, 1.54) is 12.1 Å². The van der Waals surface area contributed by atoms with Crippen LogP contribution in [0.15, 0.2) is 12.1 Å². The van der Waals surface area contributed by atoms with Gasteiger partial charge in [0.05, 0.1) is 28.3 Å². The van der Waals surface area contributed by atoms with Gasteiger partial charge in [0.15, 0.2) is 0 Å². The van der Waals surface area contributed by atoms with Crippen LogP contribution in [0.25, 0.3) is 0 Å². The first kappa shape index (κ1) is 17.1. The standard InChI is InChI=1S/C14H20ClN3O3/c1-4-21-12(19)9-5-8(16)6-10(15)11(9)18-7-14(2,3)13(17)20/h5-6,18H,4,7,16H2,1-3H3,(H2,17,20). The third kappa shape index (κ3) is 4.26. The number of ether oxygens (including phenoxy) is 1. The van der Waals surface area contributed by atoms with Crippen LogP contribution in [0.3, 0.4) is 0 Å². The van der Waals surface area contributed by atoms with Gasteiger partial charge in [-0.2, -0.15) is 0 Å². The summed E-state index contributed by atoms with van der Waals surface area (Å²) in [5.41, 5.74) is 11.2. The molecule has 6 nitrogen and oxygen atoms in total. The maximum absolute atomic E-state index is 12.0. The summed E-state index contributed by atoms with van der Waals surface area (Å²) in [5.74, 6) is -0.995. The van der Waals surface area contributed by atoms with Crippen LogP contribution in [0.1, 0.15) is 31.1 Å². The largest absolute Gasteiger partial charge is 0.462 e. The molecule has 0 unspecified atom stereocenters. The Balaban J connectivity index is 3.11. The van der Waals surface area contributed by atoms with Crippen molar-refractivity contribution in [3.8, 4) is 0 Å². The van der Waals surface area contributed by atoms with Crippen molar-refractivity contribution >= 4 is 34.9 Å². The molecule has 1 aromatic carbocycles. The van der Waals surface area contributed by atoms with E-state index in [1.807, 2.05) is 0 Å². The number of hydrogen-bond acceptors (Lipinski definition) is 5. The number of benzene rings is 1. The highest BCUT2D eigenvalue weighted by Crippen LogP contribution is 2.31. The van der Waals surface area contributed by atoms with Gasteiger partial charge in [-0.25, -0.2) is 4.79 Å². The molecule has 7 heteroatoms. The molecule has 1 rings (SSSR count). The second-order valence-electron chi connectivity index (χ2n) is 5.25. The zero-order valence-corrected chi connectivity index (χ0v) is 13.1. The van der Waals surface area contributed by atoms with Crippen molar-refractivity contribution < 1.29 is 14.3 Å². The van der Waals surface area contributed by atoms with Crippen molar-refractivity contribution in [1.29, 1.82) is 0 Å². The van der Waals surface area contributed by atoms with Gasteiger partial charge in [-0.1, -0.05) is 11.6 Å². The van der Waals surface area contributed by atoms with Gasteiger partial charge < -0.3 is 21.5 Å². The summed E-state index contributed by atoms with van der Waals surface area (Å²) in [5, 5.41) is 3.26. The minimum Gasteiger partial charge on any atom is -0.462 e. The van der Waals surface area contributed by atoms with Crippen LogP contribution in [-0.4, -0.2) is 25.0 Å². The molecular weight excluding hydrogens is 294 g/mol. The maximum atomic E-state index is 12.0. The number of hydrogen-bond donors (Lipinski definition) is 3. The Morgan fingerprint density at radius 2 is 2.00 bits per heavy atom. The number of primary amides is 1. The van der Waals surface area contributed by atoms with Crippen molar-refractivity contribution in [1.82, 2.24) is 0 Å². The van der Waals surface area contributed by atoms with Crippen LogP contribution in [-0.2, 0) is 9.53 Å². The highest BCUT2D eigenvalue weighted by atomic mass is 35.5. The lowest BCUT2D eigenvalue weighted by atomic mass is 9.92. The van der Waals surface area contributed by atoms with E-state index in [9.17, 15) is 9.59 Å². The van der Waals surface area contributed by atoms with E-state index in [0.717, 1.165) is 0 Å². The maximum Gasteiger partial charge on any atom is 0.340 e. The molecule has 0 aliphatic rings. The van der Waals surface area contributed by atoms with Crippen LogP contribution >= 0.6 is 11.6 Å². The molecule has 0 aliphatic carbocycles. The summed E-state index contributed by atoms with van der Waals surface area (Å²) in [6.07, 6.45) is 0. The third-order valence-corrected chi connectivity index (χ3v) is 3.28. The summed E-state index contributed by atoms with van der Waals surface area (Å²) < 4.78 is 4.97. The average molecular weight is 314 g/mol. The fourth-order valence-corrected chi connectivity index (χ4v) is 1.87. The predicted octanol–water partition coefficient (Wildman–Crippen LogP) is 2.02.